The minimum absolute atomic E-state index is 0.0104. The lowest BCUT2D eigenvalue weighted by Crippen LogP contribution is -2.51. The van der Waals surface area contributed by atoms with Gasteiger partial charge < -0.3 is 25.2 Å². The van der Waals surface area contributed by atoms with E-state index in [1.807, 2.05) is 0 Å². The van der Waals surface area contributed by atoms with E-state index in [1.165, 1.54) is 22.2 Å². The molecule has 13 heteroatoms. The van der Waals surface area contributed by atoms with Crippen LogP contribution in [0.25, 0.3) is 0 Å². The summed E-state index contributed by atoms with van der Waals surface area (Å²) in [6, 6.07) is 5.33. The molecule has 2 aliphatic heterocycles. The minimum atomic E-state index is -0.848. The van der Waals surface area contributed by atoms with Gasteiger partial charge in [-0.15, -0.1) is 0 Å². The van der Waals surface area contributed by atoms with Crippen LogP contribution in [0.3, 0.4) is 0 Å². The lowest BCUT2D eigenvalue weighted by atomic mass is 10.2. The molecule has 11 nitrogen and oxygen atoms in total. The number of amides is 4. The normalized spacial score (nSPS) is 17.3. The van der Waals surface area contributed by atoms with Crippen molar-refractivity contribution in [3.63, 3.8) is 0 Å². The fourth-order valence-electron chi connectivity index (χ4n) is 4.25. The molecule has 0 saturated carbocycles. The smallest absolute Gasteiger partial charge is 0.414 e. The van der Waals surface area contributed by atoms with Gasteiger partial charge in [-0.05, 0) is 12.1 Å². The maximum absolute atomic E-state index is 15.0. The number of rotatable bonds is 8. The first-order chi connectivity index (χ1) is 18.3. The molecular formula is C25H28F2N6O5. The van der Waals surface area contributed by atoms with Crippen LogP contribution < -0.4 is 20.4 Å². The lowest BCUT2D eigenvalue weighted by molar-refractivity contribution is -0.130. The Labute approximate surface area is 217 Å². The van der Waals surface area contributed by atoms with Crippen LogP contribution in [-0.2, 0) is 14.3 Å². The highest BCUT2D eigenvalue weighted by atomic mass is 19.1. The van der Waals surface area contributed by atoms with Crippen molar-refractivity contribution >= 4 is 35.2 Å². The molecule has 4 amide bonds. The van der Waals surface area contributed by atoms with E-state index in [1.54, 1.807) is 19.1 Å². The summed E-state index contributed by atoms with van der Waals surface area (Å²) in [7, 11) is 0. The molecule has 1 aromatic heterocycles. The number of benzene rings is 1. The summed E-state index contributed by atoms with van der Waals surface area (Å²) in [6.07, 6.45) is 1.82. The number of piperazine rings is 1. The molecule has 1 aromatic carbocycles. The third-order valence-electron chi connectivity index (χ3n) is 6.31. The predicted molar refractivity (Wildman–Crippen MR) is 133 cm³/mol. The number of hydrogen-bond donors (Lipinski definition) is 2. The van der Waals surface area contributed by atoms with Crippen LogP contribution in [0, 0.1) is 11.6 Å². The van der Waals surface area contributed by atoms with Crippen molar-refractivity contribution < 1.29 is 32.7 Å². The zero-order chi connectivity index (χ0) is 27.2. The van der Waals surface area contributed by atoms with Gasteiger partial charge in [-0.2, -0.15) is 0 Å². The Morgan fingerprint density at radius 3 is 2.45 bits per heavy atom. The first-order valence-corrected chi connectivity index (χ1v) is 12.2. The van der Waals surface area contributed by atoms with Gasteiger partial charge in [0.15, 0.2) is 11.6 Å². The number of carbonyl (C=O) groups excluding carboxylic acids is 4. The number of nitrogens with one attached hydrogen (secondary N) is 2. The molecule has 3 heterocycles. The van der Waals surface area contributed by atoms with Crippen molar-refractivity contribution in [3.05, 3.63) is 53.9 Å². The van der Waals surface area contributed by atoms with Crippen LogP contribution in [0.1, 0.15) is 23.7 Å². The van der Waals surface area contributed by atoms with Crippen LogP contribution in [0.4, 0.5) is 25.0 Å². The van der Waals surface area contributed by atoms with Gasteiger partial charge in [-0.3, -0.25) is 24.3 Å². The van der Waals surface area contributed by atoms with E-state index in [0.717, 1.165) is 17.0 Å². The Balaban J connectivity index is 1.32. The molecule has 0 bridgehead atoms. The highest BCUT2D eigenvalue weighted by molar-refractivity contribution is 5.96. The number of anilines is 2. The van der Waals surface area contributed by atoms with E-state index in [2.05, 4.69) is 15.6 Å². The van der Waals surface area contributed by atoms with Crippen molar-refractivity contribution in [2.45, 2.75) is 19.4 Å². The number of nitrogens with zero attached hydrogens (tertiary/aromatic N) is 4. The zero-order valence-corrected chi connectivity index (χ0v) is 20.8. The molecule has 2 aromatic rings. The molecule has 2 N–H and O–H groups in total. The Bertz CT molecular complexity index is 1180. The number of pyridine rings is 1. The van der Waals surface area contributed by atoms with Gasteiger partial charge in [0.25, 0.3) is 5.91 Å². The van der Waals surface area contributed by atoms with Gasteiger partial charge in [-0.1, -0.05) is 6.92 Å². The zero-order valence-electron chi connectivity index (χ0n) is 20.8. The lowest BCUT2D eigenvalue weighted by Gasteiger charge is -2.36. The van der Waals surface area contributed by atoms with E-state index >= 15 is 8.78 Å². The summed E-state index contributed by atoms with van der Waals surface area (Å²) in [6.45, 7) is 2.42. The van der Waals surface area contributed by atoms with Crippen LogP contribution in [-0.4, -0.2) is 85.6 Å². The molecular weight excluding hydrogens is 502 g/mol. The van der Waals surface area contributed by atoms with Crippen LogP contribution in [0.15, 0.2) is 36.7 Å². The Morgan fingerprint density at radius 2 is 1.82 bits per heavy atom. The summed E-state index contributed by atoms with van der Waals surface area (Å²) in [5, 5.41) is 5.17. The average Bonchev–Trinajstić information content (AvgIpc) is 3.30. The standard InChI is InChI=1S/C25H28F2N6O5/c1-2-21(34)29-13-18-15-33(25(37)38-18)17-10-19(26)23(20(27)11-17)32-8-6-31(7-9-32)22(35)14-30-24(36)16-4-3-5-28-12-16/h3-5,10-12,18H,2,6-9,13-15H2,1H3,(H,29,34)(H,30,36). The second kappa shape index (κ2) is 11.8. The summed E-state index contributed by atoms with van der Waals surface area (Å²) in [5.74, 6) is -2.63. The number of hydrogen-bond acceptors (Lipinski definition) is 7. The maximum Gasteiger partial charge on any atom is 0.414 e. The van der Waals surface area contributed by atoms with Crippen LogP contribution >= 0.6 is 0 Å². The van der Waals surface area contributed by atoms with Crippen molar-refractivity contribution in [1.82, 2.24) is 20.5 Å². The first kappa shape index (κ1) is 26.8. The third kappa shape index (κ3) is 6.15. The summed E-state index contributed by atoms with van der Waals surface area (Å²) < 4.78 is 35.3. The fourth-order valence-corrected chi connectivity index (χ4v) is 4.25. The van der Waals surface area contributed by atoms with Gasteiger partial charge in [0.1, 0.15) is 11.8 Å². The molecule has 1 unspecified atom stereocenters. The summed E-state index contributed by atoms with van der Waals surface area (Å²) in [4.78, 5) is 56.3. The van der Waals surface area contributed by atoms with Crippen molar-refractivity contribution in [2.24, 2.45) is 0 Å². The molecule has 38 heavy (non-hydrogen) atoms. The van der Waals surface area contributed by atoms with Gasteiger partial charge in [0.2, 0.25) is 11.8 Å². The molecule has 0 aliphatic carbocycles. The summed E-state index contributed by atoms with van der Waals surface area (Å²) >= 11 is 0. The molecule has 0 spiro atoms. The second-order valence-electron chi connectivity index (χ2n) is 8.82. The predicted octanol–water partition coefficient (Wildman–Crippen LogP) is 1.29. The Hall–Kier alpha value is -4.29. The van der Waals surface area contributed by atoms with E-state index in [-0.39, 0.29) is 75.4 Å². The Kier molecular flexibility index (Phi) is 8.34. The van der Waals surface area contributed by atoms with Crippen molar-refractivity contribution in [1.29, 1.82) is 0 Å². The quantitative estimate of drug-likeness (QED) is 0.527. The number of aromatic nitrogens is 1. The van der Waals surface area contributed by atoms with E-state index in [9.17, 15) is 19.2 Å². The van der Waals surface area contributed by atoms with Gasteiger partial charge in [0.05, 0.1) is 30.9 Å². The topological polar surface area (TPSA) is 124 Å². The average molecular weight is 531 g/mol. The number of carbonyl (C=O) groups is 4. The highest BCUT2D eigenvalue weighted by Gasteiger charge is 2.34. The molecule has 2 fully saturated rings. The molecule has 202 valence electrons. The monoisotopic (exact) mass is 530 g/mol. The fraction of sp³-hybridized carbons (Fsp3) is 0.400. The summed E-state index contributed by atoms with van der Waals surface area (Å²) in [5.41, 5.74) is 0.0989. The second-order valence-corrected chi connectivity index (χ2v) is 8.82. The highest BCUT2D eigenvalue weighted by Crippen LogP contribution is 2.31. The van der Waals surface area contributed by atoms with Crippen LogP contribution in [0.2, 0.25) is 0 Å². The molecule has 2 aliphatic rings. The largest absolute Gasteiger partial charge is 0.442 e. The number of halogens is 2. The molecule has 0 radical (unpaired) electrons. The first-order valence-electron chi connectivity index (χ1n) is 12.2. The molecule has 1 atom stereocenters. The SMILES string of the molecule is CCC(=O)NCC1CN(c2cc(F)c(N3CCN(C(=O)CNC(=O)c4cccnc4)CC3)c(F)c2)C(=O)O1. The number of ether oxygens (including phenoxy) is 1. The van der Waals surface area contributed by atoms with Crippen LogP contribution in [0.5, 0.6) is 0 Å². The molecule has 4 rings (SSSR count). The van der Waals surface area contributed by atoms with E-state index < -0.39 is 29.7 Å². The number of cyclic esters (lactones) is 1. The third-order valence-corrected chi connectivity index (χ3v) is 6.31. The van der Waals surface area contributed by atoms with Gasteiger partial charge in [0, 0.05) is 57.1 Å². The van der Waals surface area contributed by atoms with E-state index in [0.29, 0.717) is 5.56 Å². The van der Waals surface area contributed by atoms with E-state index in [4.69, 9.17) is 4.74 Å². The van der Waals surface area contributed by atoms with Crippen molar-refractivity contribution in [3.8, 4) is 0 Å². The Morgan fingerprint density at radius 1 is 1.11 bits per heavy atom. The van der Waals surface area contributed by atoms with Gasteiger partial charge >= 0.3 is 6.09 Å². The maximum atomic E-state index is 15.0. The molecule has 2 saturated heterocycles. The van der Waals surface area contributed by atoms with Gasteiger partial charge in [-0.25, -0.2) is 13.6 Å². The minimum Gasteiger partial charge on any atom is -0.442 e. The van der Waals surface area contributed by atoms with Crippen molar-refractivity contribution in [2.75, 3.05) is 55.6 Å².